The van der Waals surface area contributed by atoms with E-state index in [1.165, 1.54) is 51.4 Å². The lowest BCUT2D eigenvalue weighted by Crippen LogP contribution is -2.35. The Morgan fingerprint density at radius 1 is 1.00 bits per heavy atom. The first-order chi connectivity index (χ1) is 8.06. The molecule has 1 heteroatoms. The van der Waals surface area contributed by atoms with Gasteiger partial charge >= 0.3 is 0 Å². The summed E-state index contributed by atoms with van der Waals surface area (Å²) in [6.45, 7) is 6.94. The summed E-state index contributed by atoms with van der Waals surface area (Å²) in [5, 5.41) is 10.7. The molecule has 3 atom stereocenters. The van der Waals surface area contributed by atoms with E-state index in [1.54, 1.807) is 0 Å². The average molecular weight is 238 g/mol. The molecule has 2 saturated carbocycles. The van der Waals surface area contributed by atoms with Crippen molar-refractivity contribution in [3.63, 3.8) is 0 Å². The van der Waals surface area contributed by atoms with E-state index in [1.807, 2.05) is 0 Å². The number of hydrogen-bond acceptors (Lipinski definition) is 1. The van der Waals surface area contributed by atoms with Crippen LogP contribution in [0.1, 0.15) is 72.1 Å². The fraction of sp³-hybridized carbons (Fsp3) is 1.00. The Bertz CT molecular complexity index is 240. The molecular formula is C16H30O. The van der Waals surface area contributed by atoms with Crippen molar-refractivity contribution in [1.82, 2.24) is 0 Å². The third-order valence-electron chi connectivity index (χ3n) is 5.83. The van der Waals surface area contributed by atoms with Crippen LogP contribution in [0, 0.1) is 23.2 Å². The highest BCUT2D eigenvalue weighted by atomic mass is 16.3. The van der Waals surface area contributed by atoms with Crippen LogP contribution in [-0.2, 0) is 0 Å². The highest BCUT2D eigenvalue weighted by Crippen LogP contribution is 2.48. The predicted molar refractivity (Wildman–Crippen MR) is 72.9 cm³/mol. The normalized spacial score (nSPS) is 36.4. The molecule has 0 heterocycles. The molecule has 2 fully saturated rings. The van der Waals surface area contributed by atoms with Crippen molar-refractivity contribution in [2.75, 3.05) is 0 Å². The van der Waals surface area contributed by atoms with Crippen molar-refractivity contribution in [1.29, 1.82) is 0 Å². The second kappa shape index (κ2) is 5.30. The molecule has 17 heavy (non-hydrogen) atoms. The lowest BCUT2D eigenvalue weighted by Gasteiger charge is -2.36. The summed E-state index contributed by atoms with van der Waals surface area (Å²) in [7, 11) is 0. The SMILES string of the molecule is CCC(C)(C)C1CCC(C2CCCCC2)C1O. The second-order valence-electron chi connectivity index (χ2n) is 7.08. The summed E-state index contributed by atoms with van der Waals surface area (Å²) in [6.07, 6.45) is 10.7. The van der Waals surface area contributed by atoms with Gasteiger partial charge in [-0.05, 0) is 36.0 Å². The number of aliphatic hydroxyl groups excluding tert-OH is 1. The van der Waals surface area contributed by atoms with Crippen molar-refractivity contribution in [2.24, 2.45) is 23.2 Å². The molecule has 0 aromatic carbocycles. The summed E-state index contributed by atoms with van der Waals surface area (Å²) in [4.78, 5) is 0. The Balaban J connectivity index is 1.99. The molecule has 0 spiro atoms. The zero-order chi connectivity index (χ0) is 12.5. The molecule has 0 aromatic heterocycles. The van der Waals surface area contributed by atoms with Crippen molar-refractivity contribution in [2.45, 2.75) is 78.2 Å². The lowest BCUT2D eigenvalue weighted by molar-refractivity contribution is 0.00873. The maximum absolute atomic E-state index is 10.7. The summed E-state index contributed by atoms with van der Waals surface area (Å²) in [5.41, 5.74) is 0.322. The Kier molecular flexibility index (Phi) is 4.18. The molecule has 1 N–H and O–H groups in total. The highest BCUT2D eigenvalue weighted by molar-refractivity contribution is 4.94. The van der Waals surface area contributed by atoms with E-state index in [2.05, 4.69) is 20.8 Å². The summed E-state index contributed by atoms with van der Waals surface area (Å²) >= 11 is 0. The number of aliphatic hydroxyl groups is 1. The molecule has 2 rings (SSSR count). The minimum Gasteiger partial charge on any atom is -0.393 e. The van der Waals surface area contributed by atoms with E-state index >= 15 is 0 Å². The topological polar surface area (TPSA) is 20.2 Å². The van der Waals surface area contributed by atoms with Crippen LogP contribution in [0.2, 0.25) is 0 Å². The zero-order valence-corrected chi connectivity index (χ0v) is 11.9. The van der Waals surface area contributed by atoms with E-state index in [9.17, 15) is 5.11 Å². The molecule has 0 aromatic rings. The molecule has 0 aliphatic heterocycles. The number of rotatable bonds is 3. The van der Waals surface area contributed by atoms with Gasteiger partial charge in [-0.3, -0.25) is 0 Å². The molecule has 1 nitrogen and oxygen atoms in total. The van der Waals surface area contributed by atoms with Crippen LogP contribution in [0.25, 0.3) is 0 Å². The molecule has 3 unspecified atom stereocenters. The standard InChI is InChI=1S/C16H30O/c1-4-16(2,3)14-11-10-13(15(14)17)12-8-6-5-7-9-12/h12-15,17H,4-11H2,1-3H3. The Hall–Kier alpha value is -0.0400. The molecule has 0 saturated heterocycles. The first kappa shape index (κ1) is 13.4. The summed E-state index contributed by atoms with van der Waals surface area (Å²) < 4.78 is 0. The molecule has 2 aliphatic rings. The zero-order valence-electron chi connectivity index (χ0n) is 11.9. The lowest BCUT2D eigenvalue weighted by atomic mass is 9.72. The van der Waals surface area contributed by atoms with Crippen LogP contribution >= 0.6 is 0 Å². The Labute approximate surface area is 107 Å². The van der Waals surface area contributed by atoms with Gasteiger partial charge in [0, 0.05) is 0 Å². The third kappa shape index (κ3) is 2.70. The number of hydrogen-bond donors (Lipinski definition) is 1. The van der Waals surface area contributed by atoms with Gasteiger partial charge in [0.2, 0.25) is 0 Å². The van der Waals surface area contributed by atoms with Crippen LogP contribution in [0.3, 0.4) is 0 Å². The first-order valence-corrected chi connectivity index (χ1v) is 7.74. The average Bonchev–Trinajstić information content (AvgIpc) is 2.73. The molecule has 0 bridgehead atoms. The van der Waals surface area contributed by atoms with Gasteiger partial charge in [0.1, 0.15) is 0 Å². The minimum absolute atomic E-state index is 0.0203. The summed E-state index contributed by atoms with van der Waals surface area (Å²) in [6, 6.07) is 0. The molecule has 2 aliphatic carbocycles. The van der Waals surface area contributed by atoms with Gasteiger partial charge in [-0.25, -0.2) is 0 Å². The van der Waals surface area contributed by atoms with E-state index in [4.69, 9.17) is 0 Å². The molecule has 100 valence electrons. The van der Waals surface area contributed by atoms with E-state index in [-0.39, 0.29) is 6.10 Å². The van der Waals surface area contributed by atoms with Crippen molar-refractivity contribution in [3.8, 4) is 0 Å². The third-order valence-corrected chi connectivity index (χ3v) is 5.83. The van der Waals surface area contributed by atoms with Crippen LogP contribution in [0.5, 0.6) is 0 Å². The molecular weight excluding hydrogens is 208 g/mol. The quantitative estimate of drug-likeness (QED) is 0.773. The van der Waals surface area contributed by atoms with Crippen molar-refractivity contribution < 1.29 is 5.11 Å². The van der Waals surface area contributed by atoms with Crippen LogP contribution in [0.4, 0.5) is 0 Å². The van der Waals surface area contributed by atoms with Crippen LogP contribution < -0.4 is 0 Å². The Morgan fingerprint density at radius 2 is 1.65 bits per heavy atom. The van der Waals surface area contributed by atoms with Gasteiger partial charge in [0.25, 0.3) is 0 Å². The van der Waals surface area contributed by atoms with Gasteiger partial charge in [0.15, 0.2) is 0 Å². The molecule has 0 radical (unpaired) electrons. The maximum Gasteiger partial charge on any atom is 0.0604 e. The monoisotopic (exact) mass is 238 g/mol. The van der Waals surface area contributed by atoms with Gasteiger partial charge in [-0.1, -0.05) is 59.3 Å². The smallest absolute Gasteiger partial charge is 0.0604 e. The van der Waals surface area contributed by atoms with Gasteiger partial charge in [-0.2, -0.15) is 0 Å². The highest BCUT2D eigenvalue weighted by Gasteiger charge is 2.44. The maximum atomic E-state index is 10.7. The predicted octanol–water partition coefficient (Wildman–Crippen LogP) is 4.39. The van der Waals surface area contributed by atoms with Crippen molar-refractivity contribution >= 4 is 0 Å². The first-order valence-electron chi connectivity index (χ1n) is 7.74. The van der Waals surface area contributed by atoms with Gasteiger partial charge in [0.05, 0.1) is 6.10 Å². The van der Waals surface area contributed by atoms with E-state index in [0.29, 0.717) is 17.3 Å². The van der Waals surface area contributed by atoms with Gasteiger partial charge < -0.3 is 5.11 Å². The largest absolute Gasteiger partial charge is 0.393 e. The van der Waals surface area contributed by atoms with Crippen LogP contribution in [0.15, 0.2) is 0 Å². The minimum atomic E-state index is -0.0203. The van der Waals surface area contributed by atoms with Gasteiger partial charge in [-0.15, -0.1) is 0 Å². The van der Waals surface area contributed by atoms with E-state index in [0.717, 1.165) is 5.92 Å². The summed E-state index contributed by atoms with van der Waals surface area (Å²) in [5.74, 6) is 1.99. The fourth-order valence-electron chi connectivity index (χ4n) is 4.20. The van der Waals surface area contributed by atoms with Crippen LogP contribution in [-0.4, -0.2) is 11.2 Å². The fourth-order valence-corrected chi connectivity index (χ4v) is 4.20. The second-order valence-corrected chi connectivity index (χ2v) is 7.08. The molecule has 0 amide bonds. The van der Waals surface area contributed by atoms with E-state index < -0.39 is 0 Å². The van der Waals surface area contributed by atoms with Crippen molar-refractivity contribution in [3.05, 3.63) is 0 Å². The Morgan fingerprint density at radius 3 is 2.24 bits per heavy atom.